The number of aromatic nitrogens is 3. The van der Waals surface area contributed by atoms with Crippen molar-refractivity contribution in [2.75, 3.05) is 0 Å². The number of hydrogen-bond acceptors (Lipinski definition) is 4. The Morgan fingerprint density at radius 2 is 2.11 bits per heavy atom. The average Bonchev–Trinajstić information content (AvgIpc) is 2.69. The summed E-state index contributed by atoms with van der Waals surface area (Å²) >= 11 is 0. The number of rotatable bonds is 2. The van der Waals surface area contributed by atoms with Gasteiger partial charge in [0, 0.05) is 6.42 Å². The summed E-state index contributed by atoms with van der Waals surface area (Å²) in [6, 6.07) is 3.84. The van der Waals surface area contributed by atoms with Crippen LogP contribution in [0, 0.1) is 16.7 Å². The topological polar surface area (TPSA) is 74.2 Å². The van der Waals surface area contributed by atoms with Gasteiger partial charge in [-0.3, -0.25) is 0 Å². The van der Waals surface area contributed by atoms with Crippen molar-refractivity contribution < 1.29 is 5.11 Å². The van der Waals surface area contributed by atoms with Crippen molar-refractivity contribution in [1.29, 1.82) is 5.26 Å². The van der Waals surface area contributed by atoms with Gasteiger partial charge in [-0.1, -0.05) is 27.7 Å². The standard InChI is InChI=1S/C14H18N4O/c1-5-9-6-12-16-11(7-14(2,3)4)17-18(12)13(19)10(9)8-15/h6,19H,5,7H2,1-4H3. The van der Waals surface area contributed by atoms with Crippen LogP contribution in [0.3, 0.4) is 0 Å². The Kier molecular flexibility index (Phi) is 3.19. The minimum Gasteiger partial charge on any atom is -0.492 e. The van der Waals surface area contributed by atoms with Crippen LogP contribution in [0.4, 0.5) is 0 Å². The molecule has 0 aliphatic heterocycles. The molecule has 0 aliphatic carbocycles. The molecule has 1 N–H and O–H groups in total. The summed E-state index contributed by atoms with van der Waals surface area (Å²) in [5, 5.41) is 23.5. The number of fused-ring (bicyclic) bond motifs is 1. The molecule has 0 bridgehead atoms. The molecule has 2 aromatic rings. The molecule has 100 valence electrons. The third-order valence-corrected chi connectivity index (χ3v) is 2.91. The number of pyridine rings is 1. The zero-order valence-corrected chi connectivity index (χ0v) is 11.7. The van der Waals surface area contributed by atoms with Gasteiger partial charge in [0.25, 0.3) is 0 Å². The van der Waals surface area contributed by atoms with Crippen molar-refractivity contribution in [3.63, 3.8) is 0 Å². The second-order valence-electron chi connectivity index (χ2n) is 5.87. The van der Waals surface area contributed by atoms with Crippen molar-refractivity contribution in [3.8, 4) is 11.9 Å². The molecule has 2 rings (SSSR count). The fourth-order valence-corrected chi connectivity index (χ4v) is 2.05. The van der Waals surface area contributed by atoms with Crippen LogP contribution in [0.1, 0.15) is 44.6 Å². The third-order valence-electron chi connectivity index (χ3n) is 2.91. The molecule has 0 spiro atoms. The molecule has 0 fully saturated rings. The van der Waals surface area contributed by atoms with Crippen LogP contribution < -0.4 is 0 Å². The van der Waals surface area contributed by atoms with Crippen molar-refractivity contribution in [1.82, 2.24) is 14.6 Å². The summed E-state index contributed by atoms with van der Waals surface area (Å²) < 4.78 is 1.35. The van der Waals surface area contributed by atoms with Gasteiger partial charge in [-0.2, -0.15) is 9.78 Å². The highest BCUT2D eigenvalue weighted by atomic mass is 16.3. The molecule has 0 saturated heterocycles. The van der Waals surface area contributed by atoms with E-state index in [1.54, 1.807) is 0 Å². The largest absolute Gasteiger partial charge is 0.492 e. The highest BCUT2D eigenvalue weighted by Crippen LogP contribution is 2.25. The van der Waals surface area contributed by atoms with E-state index in [-0.39, 0.29) is 16.9 Å². The summed E-state index contributed by atoms with van der Waals surface area (Å²) in [7, 11) is 0. The molecular weight excluding hydrogens is 240 g/mol. The fraction of sp³-hybridized carbons (Fsp3) is 0.500. The summed E-state index contributed by atoms with van der Waals surface area (Å²) in [6.45, 7) is 8.27. The Morgan fingerprint density at radius 1 is 1.42 bits per heavy atom. The van der Waals surface area contributed by atoms with Crippen LogP contribution in [0.15, 0.2) is 6.07 Å². The van der Waals surface area contributed by atoms with Gasteiger partial charge in [0.15, 0.2) is 11.5 Å². The Morgan fingerprint density at radius 3 is 2.63 bits per heavy atom. The molecule has 2 heterocycles. The number of aryl methyl sites for hydroxylation is 1. The van der Waals surface area contributed by atoms with E-state index < -0.39 is 0 Å². The second kappa shape index (κ2) is 4.54. The van der Waals surface area contributed by atoms with Gasteiger partial charge in [0.05, 0.1) is 0 Å². The molecule has 2 aromatic heterocycles. The van der Waals surface area contributed by atoms with Gasteiger partial charge >= 0.3 is 0 Å². The van der Waals surface area contributed by atoms with E-state index in [1.165, 1.54) is 4.52 Å². The minimum absolute atomic E-state index is 0.0756. The van der Waals surface area contributed by atoms with Gasteiger partial charge in [-0.25, -0.2) is 4.98 Å². The molecule has 0 saturated carbocycles. The van der Waals surface area contributed by atoms with E-state index in [2.05, 4.69) is 30.9 Å². The first kappa shape index (κ1) is 13.3. The summed E-state index contributed by atoms with van der Waals surface area (Å²) in [4.78, 5) is 4.43. The average molecular weight is 258 g/mol. The van der Waals surface area contributed by atoms with Crippen molar-refractivity contribution >= 4 is 5.65 Å². The van der Waals surface area contributed by atoms with E-state index in [0.717, 1.165) is 12.0 Å². The smallest absolute Gasteiger partial charge is 0.232 e. The Balaban J connectivity index is 2.60. The zero-order chi connectivity index (χ0) is 14.2. The molecule has 0 amide bonds. The van der Waals surface area contributed by atoms with Gasteiger partial charge in [-0.05, 0) is 23.5 Å². The lowest BCUT2D eigenvalue weighted by atomic mass is 9.92. The molecule has 0 unspecified atom stereocenters. The molecule has 0 radical (unpaired) electrons. The Labute approximate surface area is 112 Å². The van der Waals surface area contributed by atoms with Crippen LogP contribution >= 0.6 is 0 Å². The van der Waals surface area contributed by atoms with E-state index in [1.807, 2.05) is 19.1 Å². The van der Waals surface area contributed by atoms with Crippen LogP contribution in [0.25, 0.3) is 5.65 Å². The first-order valence-electron chi connectivity index (χ1n) is 6.36. The first-order valence-corrected chi connectivity index (χ1v) is 6.36. The van der Waals surface area contributed by atoms with Gasteiger partial charge in [-0.15, -0.1) is 5.10 Å². The second-order valence-corrected chi connectivity index (χ2v) is 5.87. The zero-order valence-electron chi connectivity index (χ0n) is 11.7. The van der Waals surface area contributed by atoms with Crippen molar-refractivity contribution in [2.45, 2.75) is 40.5 Å². The summed E-state index contributed by atoms with van der Waals surface area (Å²) in [5.74, 6) is 0.560. The first-order chi connectivity index (χ1) is 8.85. The SMILES string of the molecule is CCc1cc2nc(CC(C)(C)C)nn2c(O)c1C#N. The number of nitrogens with zero attached hydrogens (tertiary/aromatic N) is 4. The summed E-state index contributed by atoms with van der Waals surface area (Å²) in [5.41, 5.74) is 1.74. The number of aromatic hydroxyl groups is 1. The monoisotopic (exact) mass is 258 g/mol. The maximum absolute atomic E-state index is 10.1. The van der Waals surface area contributed by atoms with Crippen LogP contribution in [0.2, 0.25) is 0 Å². The number of hydrogen-bond donors (Lipinski definition) is 1. The van der Waals surface area contributed by atoms with Gasteiger partial charge < -0.3 is 5.11 Å². The molecule has 19 heavy (non-hydrogen) atoms. The van der Waals surface area contributed by atoms with E-state index in [9.17, 15) is 5.11 Å². The highest BCUT2D eigenvalue weighted by molar-refractivity contribution is 5.54. The fourth-order valence-electron chi connectivity index (χ4n) is 2.05. The lowest BCUT2D eigenvalue weighted by Crippen LogP contribution is -2.10. The highest BCUT2D eigenvalue weighted by Gasteiger charge is 2.18. The minimum atomic E-state index is -0.121. The van der Waals surface area contributed by atoms with E-state index >= 15 is 0 Å². The van der Waals surface area contributed by atoms with Crippen LogP contribution in [-0.4, -0.2) is 19.7 Å². The normalized spacial score (nSPS) is 11.7. The maximum Gasteiger partial charge on any atom is 0.232 e. The van der Waals surface area contributed by atoms with E-state index in [0.29, 0.717) is 17.9 Å². The van der Waals surface area contributed by atoms with Crippen molar-refractivity contribution in [2.24, 2.45) is 5.41 Å². The molecule has 0 aromatic carbocycles. The molecule has 0 aliphatic rings. The quantitative estimate of drug-likeness (QED) is 0.897. The van der Waals surface area contributed by atoms with Gasteiger partial charge in [0.1, 0.15) is 11.6 Å². The van der Waals surface area contributed by atoms with E-state index in [4.69, 9.17) is 5.26 Å². The third kappa shape index (κ3) is 2.53. The van der Waals surface area contributed by atoms with Crippen LogP contribution in [0.5, 0.6) is 5.88 Å². The molecule has 5 nitrogen and oxygen atoms in total. The van der Waals surface area contributed by atoms with Gasteiger partial charge in [0.2, 0.25) is 5.88 Å². The molecule has 0 atom stereocenters. The summed E-state index contributed by atoms with van der Waals surface area (Å²) in [6.07, 6.45) is 1.39. The lowest BCUT2D eigenvalue weighted by molar-refractivity contribution is 0.397. The van der Waals surface area contributed by atoms with Crippen molar-refractivity contribution in [3.05, 3.63) is 23.0 Å². The number of nitriles is 1. The van der Waals surface area contributed by atoms with Crippen LogP contribution in [-0.2, 0) is 12.8 Å². The maximum atomic E-state index is 10.1. The molecular formula is C14H18N4O. The molecule has 5 heteroatoms. The lowest BCUT2D eigenvalue weighted by Gasteiger charge is -2.14. The predicted octanol–water partition coefficient (Wildman–Crippen LogP) is 2.46. The Bertz CT molecular complexity index is 659. The Hall–Kier alpha value is -2.09. The predicted molar refractivity (Wildman–Crippen MR) is 71.9 cm³/mol.